The van der Waals surface area contributed by atoms with Gasteiger partial charge in [0.2, 0.25) is 0 Å². The van der Waals surface area contributed by atoms with E-state index < -0.39 is 5.76 Å². The Balaban J connectivity index is 2.06. The van der Waals surface area contributed by atoms with Crippen molar-refractivity contribution in [3.8, 4) is 0 Å². The number of rotatable bonds is 6. The van der Waals surface area contributed by atoms with Gasteiger partial charge in [-0.3, -0.25) is 4.98 Å². The van der Waals surface area contributed by atoms with Crippen LogP contribution in [0.25, 0.3) is 11.1 Å². The van der Waals surface area contributed by atoms with Crippen molar-refractivity contribution >= 4 is 16.8 Å². The number of aromatic amines is 1. The van der Waals surface area contributed by atoms with Crippen LogP contribution >= 0.6 is 0 Å². The molecule has 1 heterocycles. The van der Waals surface area contributed by atoms with Crippen LogP contribution in [0.5, 0.6) is 0 Å². The standard InChI is InChI=1S/C14H21N3O2/c1-9(2)10(7-15-3)8-16-11-4-5-13-12(6-11)17-14(18)19-13/h4-6,9-10,15-16H,7-8H2,1-3H3,(H,17,18). The Kier molecular flexibility index (Phi) is 4.27. The maximum atomic E-state index is 11.1. The molecule has 2 rings (SSSR count). The quantitative estimate of drug-likeness (QED) is 0.745. The number of hydrogen-bond donors (Lipinski definition) is 3. The molecule has 5 nitrogen and oxygen atoms in total. The normalized spacial score (nSPS) is 13.1. The Bertz CT molecular complexity index is 586. The highest BCUT2D eigenvalue weighted by Crippen LogP contribution is 2.17. The van der Waals surface area contributed by atoms with Gasteiger partial charge in [-0.15, -0.1) is 0 Å². The van der Waals surface area contributed by atoms with Crippen molar-refractivity contribution in [2.75, 3.05) is 25.5 Å². The van der Waals surface area contributed by atoms with Crippen molar-refractivity contribution in [1.29, 1.82) is 0 Å². The predicted molar refractivity (Wildman–Crippen MR) is 77.6 cm³/mol. The number of oxazole rings is 1. The Morgan fingerprint density at radius 2 is 2.11 bits per heavy atom. The first-order chi connectivity index (χ1) is 9.10. The van der Waals surface area contributed by atoms with Gasteiger partial charge in [0.1, 0.15) is 0 Å². The summed E-state index contributed by atoms with van der Waals surface area (Å²) < 4.78 is 4.98. The highest BCUT2D eigenvalue weighted by atomic mass is 16.4. The molecule has 0 saturated carbocycles. The number of aromatic nitrogens is 1. The first-order valence-electron chi connectivity index (χ1n) is 6.61. The molecular formula is C14H21N3O2. The lowest BCUT2D eigenvalue weighted by Crippen LogP contribution is -2.29. The molecule has 19 heavy (non-hydrogen) atoms. The minimum Gasteiger partial charge on any atom is -0.408 e. The zero-order valence-corrected chi connectivity index (χ0v) is 11.6. The van der Waals surface area contributed by atoms with Crippen molar-refractivity contribution in [2.24, 2.45) is 11.8 Å². The third-order valence-corrected chi connectivity index (χ3v) is 3.40. The summed E-state index contributed by atoms with van der Waals surface area (Å²) >= 11 is 0. The van der Waals surface area contributed by atoms with Crippen LogP contribution < -0.4 is 16.4 Å². The van der Waals surface area contributed by atoms with E-state index in [-0.39, 0.29) is 0 Å². The maximum absolute atomic E-state index is 11.1. The van der Waals surface area contributed by atoms with E-state index >= 15 is 0 Å². The summed E-state index contributed by atoms with van der Waals surface area (Å²) in [6, 6.07) is 5.63. The minimum atomic E-state index is -0.414. The van der Waals surface area contributed by atoms with E-state index in [4.69, 9.17) is 4.42 Å². The van der Waals surface area contributed by atoms with Crippen LogP contribution in [0.2, 0.25) is 0 Å². The van der Waals surface area contributed by atoms with Crippen LogP contribution in [0, 0.1) is 11.8 Å². The Hall–Kier alpha value is -1.75. The molecule has 3 N–H and O–H groups in total. The molecule has 1 atom stereocenters. The summed E-state index contributed by atoms with van der Waals surface area (Å²) in [5.41, 5.74) is 2.31. The molecule has 0 fully saturated rings. The molecule has 0 amide bonds. The monoisotopic (exact) mass is 263 g/mol. The largest absolute Gasteiger partial charge is 0.417 e. The summed E-state index contributed by atoms with van der Waals surface area (Å²) in [5, 5.41) is 6.62. The van der Waals surface area contributed by atoms with Crippen LogP contribution in [0.3, 0.4) is 0 Å². The summed E-state index contributed by atoms with van der Waals surface area (Å²) in [6.45, 7) is 6.32. The molecule has 104 valence electrons. The van der Waals surface area contributed by atoms with Gasteiger partial charge in [-0.1, -0.05) is 13.8 Å². The highest BCUT2D eigenvalue weighted by molar-refractivity contribution is 5.76. The zero-order valence-electron chi connectivity index (χ0n) is 11.6. The number of anilines is 1. The fourth-order valence-corrected chi connectivity index (χ4v) is 2.12. The minimum absolute atomic E-state index is 0.414. The highest BCUT2D eigenvalue weighted by Gasteiger charge is 2.12. The average molecular weight is 263 g/mol. The lowest BCUT2D eigenvalue weighted by molar-refractivity contribution is 0.390. The Labute approximate surface area is 112 Å². The third-order valence-electron chi connectivity index (χ3n) is 3.40. The molecule has 0 aliphatic rings. The van der Waals surface area contributed by atoms with Gasteiger partial charge in [0, 0.05) is 12.2 Å². The Morgan fingerprint density at radius 1 is 1.32 bits per heavy atom. The molecule has 0 spiro atoms. The molecule has 1 aromatic heterocycles. The fourth-order valence-electron chi connectivity index (χ4n) is 2.12. The number of nitrogens with one attached hydrogen (secondary N) is 3. The van der Waals surface area contributed by atoms with E-state index in [1.165, 1.54) is 0 Å². The summed E-state index contributed by atoms with van der Waals surface area (Å²) in [7, 11) is 1.97. The first kappa shape index (κ1) is 13.7. The first-order valence-corrected chi connectivity index (χ1v) is 6.61. The molecule has 0 aliphatic carbocycles. The SMILES string of the molecule is CNCC(CNc1ccc2oc(=O)[nH]c2c1)C(C)C. The van der Waals surface area contributed by atoms with Gasteiger partial charge in [-0.2, -0.15) is 0 Å². The number of H-pyrrole nitrogens is 1. The second kappa shape index (κ2) is 5.93. The Morgan fingerprint density at radius 3 is 2.79 bits per heavy atom. The van der Waals surface area contributed by atoms with Crippen LogP contribution in [0.15, 0.2) is 27.4 Å². The van der Waals surface area contributed by atoms with Crippen LogP contribution in [-0.2, 0) is 0 Å². The second-order valence-electron chi connectivity index (χ2n) is 5.17. The zero-order chi connectivity index (χ0) is 13.8. The fraction of sp³-hybridized carbons (Fsp3) is 0.500. The van der Waals surface area contributed by atoms with Gasteiger partial charge in [-0.05, 0) is 43.6 Å². The van der Waals surface area contributed by atoms with E-state index in [1.807, 2.05) is 19.2 Å². The van der Waals surface area contributed by atoms with E-state index in [1.54, 1.807) is 6.07 Å². The third kappa shape index (κ3) is 3.38. The molecule has 0 aliphatic heterocycles. The number of hydrogen-bond acceptors (Lipinski definition) is 4. The van der Waals surface area contributed by atoms with Gasteiger partial charge < -0.3 is 15.1 Å². The van der Waals surface area contributed by atoms with Crippen LogP contribution in [0.4, 0.5) is 5.69 Å². The summed E-state index contributed by atoms with van der Waals surface area (Å²) in [4.78, 5) is 13.7. The molecular weight excluding hydrogens is 242 g/mol. The van der Waals surface area contributed by atoms with Gasteiger partial charge in [-0.25, -0.2) is 4.79 Å². The van der Waals surface area contributed by atoms with Gasteiger partial charge in [0.05, 0.1) is 5.52 Å². The molecule has 0 bridgehead atoms. The van der Waals surface area contributed by atoms with Crippen LogP contribution in [0.1, 0.15) is 13.8 Å². The van der Waals surface area contributed by atoms with E-state index in [2.05, 4.69) is 29.5 Å². The lowest BCUT2D eigenvalue weighted by Gasteiger charge is -2.21. The van der Waals surface area contributed by atoms with Crippen molar-refractivity contribution < 1.29 is 4.42 Å². The molecule has 0 saturated heterocycles. The lowest BCUT2D eigenvalue weighted by atomic mass is 9.95. The van der Waals surface area contributed by atoms with Gasteiger partial charge in [0.15, 0.2) is 5.58 Å². The van der Waals surface area contributed by atoms with Gasteiger partial charge >= 0.3 is 5.76 Å². The molecule has 0 radical (unpaired) electrons. The van der Waals surface area contributed by atoms with E-state index in [0.29, 0.717) is 17.4 Å². The number of benzene rings is 1. The van der Waals surface area contributed by atoms with E-state index in [9.17, 15) is 4.79 Å². The summed E-state index contributed by atoms with van der Waals surface area (Å²) in [5.74, 6) is 0.754. The summed E-state index contributed by atoms with van der Waals surface area (Å²) in [6.07, 6.45) is 0. The molecule has 1 unspecified atom stereocenters. The second-order valence-corrected chi connectivity index (χ2v) is 5.17. The molecule has 5 heteroatoms. The van der Waals surface area contributed by atoms with Crippen molar-refractivity contribution in [3.63, 3.8) is 0 Å². The van der Waals surface area contributed by atoms with Gasteiger partial charge in [0.25, 0.3) is 0 Å². The van der Waals surface area contributed by atoms with E-state index in [0.717, 1.165) is 24.3 Å². The van der Waals surface area contributed by atoms with Crippen molar-refractivity contribution in [1.82, 2.24) is 10.3 Å². The van der Waals surface area contributed by atoms with Crippen LogP contribution in [-0.4, -0.2) is 25.1 Å². The van der Waals surface area contributed by atoms with Crippen molar-refractivity contribution in [3.05, 3.63) is 28.7 Å². The topological polar surface area (TPSA) is 70.1 Å². The average Bonchev–Trinajstić information content (AvgIpc) is 2.73. The predicted octanol–water partition coefficient (Wildman–Crippen LogP) is 2.02. The molecule has 1 aromatic carbocycles. The molecule has 2 aromatic rings. The smallest absolute Gasteiger partial charge is 0.408 e. The number of fused-ring (bicyclic) bond motifs is 1. The van der Waals surface area contributed by atoms with Crippen molar-refractivity contribution in [2.45, 2.75) is 13.8 Å². The maximum Gasteiger partial charge on any atom is 0.417 e.